The third-order valence-electron chi connectivity index (χ3n) is 1.61. The summed E-state index contributed by atoms with van der Waals surface area (Å²) in [6.07, 6.45) is 4.97. The molecule has 0 atom stereocenters. The van der Waals surface area contributed by atoms with Crippen LogP contribution in [-0.4, -0.2) is 16.6 Å². The van der Waals surface area contributed by atoms with Gasteiger partial charge in [0.05, 0.1) is 6.61 Å². The van der Waals surface area contributed by atoms with Crippen LogP contribution >= 0.6 is 15.9 Å². The maximum absolute atomic E-state index is 5.41. The second-order valence-corrected chi connectivity index (χ2v) is 3.55. The number of nitrogens with zero attached hydrogens (tertiary/aromatic N) is 2. The zero-order valence-electron chi connectivity index (χ0n) is 7.66. The van der Waals surface area contributed by atoms with Crippen molar-refractivity contribution in [2.24, 2.45) is 0 Å². The lowest BCUT2D eigenvalue weighted by Gasteiger charge is -2.03. The first-order chi connectivity index (χ1) is 6.33. The molecule has 0 saturated heterocycles. The van der Waals surface area contributed by atoms with E-state index in [4.69, 9.17) is 4.74 Å². The van der Waals surface area contributed by atoms with Gasteiger partial charge >= 0.3 is 0 Å². The molecular weight excluding hydrogens is 232 g/mol. The summed E-state index contributed by atoms with van der Waals surface area (Å²) in [5, 5.41) is 0. The first-order valence-corrected chi connectivity index (χ1v) is 5.22. The van der Waals surface area contributed by atoms with Gasteiger partial charge in [0.15, 0.2) is 0 Å². The predicted octanol–water partition coefficient (Wildman–Crippen LogP) is 2.81. The van der Waals surface area contributed by atoms with Crippen molar-refractivity contribution in [1.29, 1.82) is 0 Å². The highest BCUT2D eigenvalue weighted by Gasteiger charge is 1.95. The molecule has 0 saturated carbocycles. The molecule has 0 N–H and O–H groups in total. The van der Waals surface area contributed by atoms with Crippen LogP contribution in [0.3, 0.4) is 0 Å². The Hall–Kier alpha value is -0.640. The summed E-state index contributed by atoms with van der Waals surface area (Å²) in [5.41, 5.74) is 0. The summed E-state index contributed by atoms with van der Waals surface area (Å²) >= 11 is 3.25. The van der Waals surface area contributed by atoms with Gasteiger partial charge in [-0.1, -0.05) is 19.8 Å². The summed E-state index contributed by atoms with van der Waals surface area (Å²) < 4.78 is 6.17. The molecule has 1 aromatic rings. The molecule has 1 heterocycles. The maximum atomic E-state index is 5.41. The average molecular weight is 245 g/mol. The van der Waals surface area contributed by atoms with E-state index in [9.17, 15) is 0 Å². The molecule has 0 fully saturated rings. The van der Waals surface area contributed by atoms with Crippen molar-refractivity contribution in [3.63, 3.8) is 0 Å². The molecule has 0 aliphatic carbocycles. The van der Waals surface area contributed by atoms with Gasteiger partial charge in [0.2, 0.25) is 5.88 Å². The SMILES string of the molecule is CCCCCOc1cc(Br)ncn1. The predicted molar refractivity (Wildman–Crippen MR) is 54.8 cm³/mol. The average Bonchev–Trinajstić information content (AvgIpc) is 2.13. The highest BCUT2D eigenvalue weighted by atomic mass is 79.9. The van der Waals surface area contributed by atoms with Gasteiger partial charge in [0.1, 0.15) is 10.9 Å². The largest absolute Gasteiger partial charge is 0.478 e. The molecule has 0 aromatic carbocycles. The van der Waals surface area contributed by atoms with Crippen LogP contribution in [0.15, 0.2) is 17.0 Å². The molecule has 13 heavy (non-hydrogen) atoms. The van der Waals surface area contributed by atoms with Gasteiger partial charge in [-0.15, -0.1) is 0 Å². The van der Waals surface area contributed by atoms with E-state index in [2.05, 4.69) is 32.8 Å². The zero-order chi connectivity index (χ0) is 9.52. The van der Waals surface area contributed by atoms with E-state index < -0.39 is 0 Å². The van der Waals surface area contributed by atoms with Crippen molar-refractivity contribution in [1.82, 2.24) is 9.97 Å². The molecule has 0 aliphatic rings. The van der Waals surface area contributed by atoms with Crippen LogP contribution in [0.2, 0.25) is 0 Å². The smallest absolute Gasteiger partial charge is 0.217 e. The molecule has 0 unspecified atom stereocenters. The van der Waals surface area contributed by atoms with Crippen LogP contribution < -0.4 is 4.74 Å². The summed E-state index contributed by atoms with van der Waals surface area (Å²) in [6.45, 7) is 2.90. The number of ether oxygens (including phenoxy) is 1. The fraction of sp³-hybridized carbons (Fsp3) is 0.556. The van der Waals surface area contributed by atoms with Gasteiger partial charge in [0, 0.05) is 6.07 Å². The molecular formula is C9H13BrN2O. The minimum absolute atomic E-state index is 0.637. The quantitative estimate of drug-likeness (QED) is 0.591. The van der Waals surface area contributed by atoms with Crippen LogP contribution in [0.5, 0.6) is 5.88 Å². The highest BCUT2D eigenvalue weighted by molar-refractivity contribution is 9.10. The van der Waals surface area contributed by atoms with Crippen molar-refractivity contribution in [3.05, 3.63) is 17.0 Å². The van der Waals surface area contributed by atoms with Crippen molar-refractivity contribution in [2.75, 3.05) is 6.61 Å². The number of halogens is 1. The number of rotatable bonds is 5. The lowest BCUT2D eigenvalue weighted by Crippen LogP contribution is -1.98. The third-order valence-corrected chi connectivity index (χ3v) is 2.04. The van der Waals surface area contributed by atoms with Gasteiger partial charge < -0.3 is 4.74 Å². The van der Waals surface area contributed by atoms with E-state index in [0.29, 0.717) is 5.88 Å². The highest BCUT2D eigenvalue weighted by Crippen LogP contribution is 2.11. The first kappa shape index (κ1) is 10.4. The van der Waals surface area contributed by atoms with E-state index >= 15 is 0 Å². The van der Waals surface area contributed by atoms with Crippen molar-refractivity contribution < 1.29 is 4.74 Å². The van der Waals surface area contributed by atoms with Gasteiger partial charge in [-0.3, -0.25) is 0 Å². The molecule has 0 bridgehead atoms. The number of aromatic nitrogens is 2. The monoisotopic (exact) mass is 244 g/mol. The Morgan fingerprint density at radius 2 is 2.23 bits per heavy atom. The Morgan fingerprint density at radius 1 is 1.38 bits per heavy atom. The zero-order valence-corrected chi connectivity index (χ0v) is 9.25. The molecule has 72 valence electrons. The third kappa shape index (κ3) is 4.22. The Labute approximate surface area is 86.7 Å². The number of unbranched alkanes of at least 4 members (excludes halogenated alkanes) is 2. The van der Waals surface area contributed by atoms with Crippen LogP contribution in [0, 0.1) is 0 Å². The minimum Gasteiger partial charge on any atom is -0.478 e. The summed E-state index contributed by atoms with van der Waals surface area (Å²) in [5.74, 6) is 0.637. The van der Waals surface area contributed by atoms with Crippen LogP contribution in [-0.2, 0) is 0 Å². The van der Waals surface area contributed by atoms with Gasteiger partial charge in [0.25, 0.3) is 0 Å². The molecule has 0 amide bonds. The van der Waals surface area contributed by atoms with Crippen molar-refractivity contribution >= 4 is 15.9 Å². The summed E-state index contributed by atoms with van der Waals surface area (Å²) in [6, 6.07) is 1.77. The molecule has 1 rings (SSSR count). The molecule has 1 aromatic heterocycles. The van der Waals surface area contributed by atoms with E-state index in [1.165, 1.54) is 19.2 Å². The number of hydrogen-bond donors (Lipinski definition) is 0. The van der Waals surface area contributed by atoms with E-state index in [1.54, 1.807) is 6.07 Å². The van der Waals surface area contributed by atoms with Crippen molar-refractivity contribution in [3.8, 4) is 5.88 Å². The van der Waals surface area contributed by atoms with E-state index in [0.717, 1.165) is 17.6 Å². The summed E-state index contributed by atoms with van der Waals surface area (Å²) in [4.78, 5) is 7.88. The summed E-state index contributed by atoms with van der Waals surface area (Å²) in [7, 11) is 0. The molecule has 3 nitrogen and oxygen atoms in total. The molecule has 0 aliphatic heterocycles. The lowest BCUT2D eigenvalue weighted by molar-refractivity contribution is 0.294. The maximum Gasteiger partial charge on any atom is 0.217 e. The molecule has 4 heteroatoms. The van der Waals surface area contributed by atoms with Gasteiger partial charge in [-0.2, -0.15) is 0 Å². The second-order valence-electron chi connectivity index (χ2n) is 2.73. The fourth-order valence-corrected chi connectivity index (χ4v) is 1.21. The van der Waals surface area contributed by atoms with E-state index in [-0.39, 0.29) is 0 Å². The first-order valence-electron chi connectivity index (χ1n) is 4.43. The Bertz CT molecular complexity index is 255. The number of hydrogen-bond acceptors (Lipinski definition) is 3. The van der Waals surface area contributed by atoms with Gasteiger partial charge in [-0.25, -0.2) is 9.97 Å². The fourth-order valence-electron chi connectivity index (χ4n) is 0.925. The standard InChI is InChI=1S/C9H13BrN2O/c1-2-3-4-5-13-9-6-8(10)11-7-12-9/h6-7H,2-5H2,1H3. The Kier molecular flexibility index (Phi) is 4.75. The molecule has 0 spiro atoms. The molecule has 0 radical (unpaired) electrons. The van der Waals surface area contributed by atoms with Crippen LogP contribution in [0.1, 0.15) is 26.2 Å². The van der Waals surface area contributed by atoms with Crippen LogP contribution in [0.25, 0.3) is 0 Å². The minimum atomic E-state index is 0.637. The van der Waals surface area contributed by atoms with E-state index in [1.807, 2.05) is 0 Å². The van der Waals surface area contributed by atoms with Gasteiger partial charge in [-0.05, 0) is 22.4 Å². The Balaban J connectivity index is 2.28. The topological polar surface area (TPSA) is 35.0 Å². The Morgan fingerprint density at radius 3 is 2.92 bits per heavy atom. The lowest BCUT2D eigenvalue weighted by atomic mass is 10.3. The van der Waals surface area contributed by atoms with Crippen molar-refractivity contribution in [2.45, 2.75) is 26.2 Å². The van der Waals surface area contributed by atoms with Crippen LogP contribution in [0.4, 0.5) is 0 Å². The second kappa shape index (κ2) is 5.91. The normalized spacial score (nSPS) is 10.0.